The van der Waals surface area contributed by atoms with Crippen molar-refractivity contribution in [3.63, 3.8) is 0 Å². The molecule has 0 radical (unpaired) electrons. The van der Waals surface area contributed by atoms with Crippen LogP contribution in [0.1, 0.15) is 11.1 Å². The van der Waals surface area contributed by atoms with E-state index in [1.807, 2.05) is 0 Å². The zero-order valence-corrected chi connectivity index (χ0v) is 14.6. The van der Waals surface area contributed by atoms with Crippen LogP contribution in [0.15, 0.2) is 24.3 Å². The molecule has 9 heteroatoms. The van der Waals surface area contributed by atoms with Gasteiger partial charge in [0, 0.05) is 12.1 Å². The number of halogens is 4. The second-order valence-electron chi connectivity index (χ2n) is 5.35. The summed E-state index contributed by atoms with van der Waals surface area (Å²) in [6.07, 6.45) is 3.07. The molecule has 2 aromatic carbocycles. The maximum absolute atomic E-state index is 14.1. The molecule has 0 aromatic heterocycles. The molecule has 5 nitrogen and oxygen atoms in total. The Bertz CT molecular complexity index is 906. The maximum atomic E-state index is 14.1. The van der Waals surface area contributed by atoms with E-state index in [0.717, 1.165) is 38.5 Å². The lowest BCUT2D eigenvalue weighted by Crippen LogP contribution is -1.97. The number of phenols is 2. The number of phenolic OH excluding ortho intramolecular Hbond substituents is 2. The number of carbonyl (C=O) groups is 1. The van der Waals surface area contributed by atoms with Crippen molar-refractivity contribution in [2.45, 2.75) is 0 Å². The summed E-state index contributed by atoms with van der Waals surface area (Å²) >= 11 is 0. The van der Waals surface area contributed by atoms with Crippen LogP contribution in [0.4, 0.5) is 17.6 Å². The van der Waals surface area contributed by atoms with E-state index < -0.39 is 63.2 Å². The fourth-order valence-corrected chi connectivity index (χ4v) is 2.29. The predicted octanol–water partition coefficient (Wildman–Crippen LogP) is 3.97. The van der Waals surface area contributed by atoms with Gasteiger partial charge in [0.05, 0.1) is 25.3 Å². The number of hydrogen-bond donors (Lipinski definition) is 2. The summed E-state index contributed by atoms with van der Waals surface area (Å²) in [5, 5.41) is 18.8. The third-order valence-electron chi connectivity index (χ3n) is 3.62. The fourth-order valence-electron chi connectivity index (χ4n) is 2.29. The maximum Gasteiger partial charge on any atom is 0.197 e. The number of rotatable bonds is 6. The zero-order chi connectivity index (χ0) is 21.0. The molecule has 0 atom stereocenters. The van der Waals surface area contributed by atoms with Crippen LogP contribution in [0, 0.1) is 23.3 Å². The monoisotopic (exact) mass is 398 g/mol. The molecule has 2 rings (SSSR count). The van der Waals surface area contributed by atoms with E-state index in [2.05, 4.69) is 9.47 Å². The van der Waals surface area contributed by atoms with Crippen molar-refractivity contribution in [1.29, 1.82) is 0 Å². The van der Waals surface area contributed by atoms with Crippen LogP contribution in [0.5, 0.6) is 23.0 Å². The summed E-state index contributed by atoms with van der Waals surface area (Å²) in [6.45, 7) is 0. The van der Waals surface area contributed by atoms with E-state index >= 15 is 0 Å². The van der Waals surface area contributed by atoms with Gasteiger partial charge in [0.1, 0.15) is 11.6 Å². The van der Waals surface area contributed by atoms with Crippen molar-refractivity contribution in [1.82, 2.24) is 0 Å². The Morgan fingerprint density at radius 1 is 0.821 bits per heavy atom. The lowest BCUT2D eigenvalue weighted by atomic mass is 10.1. The predicted molar refractivity (Wildman–Crippen MR) is 92.2 cm³/mol. The van der Waals surface area contributed by atoms with Gasteiger partial charge >= 0.3 is 0 Å². The molecule has 0 unspecified atom stereocenters. The lowest BCUT2D eigenvalue weighted by Gasteiger charge is -2.08. The van der Waals surface area contributed by atoms with E-state index in [0.29, 0.717) is 12.1 Å². The number of hydrogen-bond acceptors (Lipinski definition) is 5. The first-order chi connectivity index (χ1) is 13.2. The third kappa shape index (κ3) is 4.08. The minimum absolute atomic E-state index is 0.607. The summed E-state index contributed by atoms with van der Waals surface area (Å²) in [5.74, 6) is -8.33. The molecular formula is C19H14F4O5. The molecule has 0 bridgehead atoms. The fraction of sp³-hybridized carbons (Fsp3) is 0.105. The van der Waals surface area contributed by atoms with Crippen LogP contribution in [0.3, 0.4) is 0 Å². The molecule has 0 aliphatic heterocycles. The molecule has 0 fully saturated rings. The number of allylic oxidation sites excluding steroid dienone is 2. The van der Waals surface area contributed by atoms with E-state index in [9.17, 15) is 32.6 Å². The summed E-state index contributed by atoms with van der Waals surface area (Å²) < 4.78 is 64.9. The van der Waals surface area contributed by atoms with Gasteiger partial charge in [-0.05, 0) is 24.3 Å². The molecule has 28 heavy (non-hydrogen) atoms. The van der Waals surface area contributed by atoms with Crippen molar-refractivity contribution in [2.24, 2.45) is 0 Å². The van der Waals surface area contributed by atoms with E-state index in [4.69, 9.17) is 0 Å². The molecule has 2 aromatic rings. The number of ketones is 1. The number of methoxy groups -OCH3 is 2. The number of aromatic hydroxyl groups is 2. The van der Waals surface area contributed by atoms with Crippen molar-refractivity contribution in [3.8, 4) is 23.0 Å². The van der Waals surface area contributed by atoms with Crippen molar-refractivity contribution in [3.05, 3.63) is 58.7 Å². The average molecular weight is 398 g/mol. The summed E-state index contributed by atoms with van der Waals surface area (Å²) in [6, 6.07) is 1.21. The first-order valence-electron chi connectivity index (χ1n) is 7.61. The van der Waals surface area contributed by atoms with Crippen LogP contribution < -0.4 is 9.47 Å². The average Bonchev–Trinajstić information content (AvgIpc) is 2.61. The van der Waals surface area contributed by atoms with Crippen molar-refractivity contribution >= 4 is 17.9 Å². The second kappa shape index (κ2) is 8.47. The third-order valence-corrected chi connectivity index (χ3v) is 3.62. The van der Waals surface area contributed by atoms with E-state index in [1.165, 1.54) is 0 Å². The Hall–Kier alpha value is -3.49. The molecule has 0 amide bonds. The van der Waals surface area contributed by atoms with Crippen LogP contribution >= 0.6 is 0 Å². The highest BCUT2D eigenvalue weighted by Crippen LogP contribution is 2.34. The van der Waals surface area contributed by atoms with Gasteiger partial charge in [-0.15, -0.1) is 0 Å². The van der Waals surface area contributed by atoms with Gasteiger partial charge in [-0.25, -0.2) is 17.6 Å². The van der Waals surface area contributed by atoms with Crippen molar-refractivity contribution in [2.75, 3.05) is 14.2 Å². The standard InChI is InChI=1S/C19H14F4O5/c1-27-18-14(25)7-12(20)10(16(18)22)5-3-9(24)4-6-11-13(21)8-15(26)19(28-2)17(11)23/h3-8,25-26H,1-2H3/b5-3+,6-4+. The molecular weight excluding hydrogens is 384 g/mol. The highest BCUT2D eigenvalue weighted by Gasteiger charge is 2.18. The van der Waals surface area contributed by atoms with Crippen molar-refractivity contribution < 1.29 is 42.0 Å². The first-order valence-corrected chi connectivity index (χ1v) is 7.61. The van der Waals surface area contributed by atoms with Gasteiger partial charge in [-0.3, -0.25) is 4.79 Å². The molecule has 0 aliphatic rings. The van der Waals surface area contributed by atoms with Crippen LogP contribution in [0.25, 0.3) is 12.2 Å². The Balaban J connectivity index is 2.31. The molecule has 0 heterocycles. The Kier molecular flexibility index (Phi) is 6.29. The normalized spacial score (nSPS) is 11.4. The van der Waals surface area contributed by atoms with Gasteiger partial charge in [0.15, 0.2) is 40.4 Å². The molecule has 0 spiro atoms. The summed E-state index contributed by atoms with van der Waals surface area (Å²) in [7, 11) is 2.12. The minimum atomic E-state index is -1.23. The molecule has 148 valence electrons. The summed E-state index contributed by atoms with van der Waals surface area (Å²) in [4.78, 5) is 11.9. The van der Waals surface area contributed by atoms with E-state index in [-0.39, 0.29) is 0 Å². The van der Waals surface area contributed by atoms with Gasteiger partial charge in [0.2, 0.25) is 0 Å². The number of benzene rings is 2. The van der Waals surface area contributed by atoms with Gasteiger partial charge in [-0.1, -0.05) is 0 Å². The minimum Gasteiger partial charge on any atom is -0.504 e. The topological polar surface area (TPSA) is 76.0 Å². The highest BCUT2D eigenvalue weighted by atomic mass is 19.1. The lowest BCUT2D eigenvalue weighted by molar-refractivity contribution is -0.110. The second-order valence-corrected chi connectivity index (χ2v) is 5.35. The van der Waals surface area contributed by atoms with Gasteiger partial charge in [-0.2, -0.15) is 0 Å². The highest BCUT2D eigenvalue weighted by molar-refractivity contribution is 6.04. The zero-order valence-electron chi connectivity index (χ0n) is 14.6. The van der Waals surface area contributed by atoms with Gasteiger partial charge < -0.3 is 19.7 Å². The smallest absolute Gasteiger partial charge is 0.197 e. The first kappa shape index (κ1) is 20.8. The summed E-state index contributed by atoms with van der Waals surface area (Å²) in [5.41, 5.74) is -1.31. The largest absolute Gasteiger partial charge is 0.504 e. The number of ether oxygens (including phenoxy) is 2. The SMILES string of the molecule is COc1c(O)cc(F)c(/C=C/C(=O)/C=C/c2c(F)cc(O)c(OC)c2F)c1F. The molecule has 0 saturated carbocycles. The molecule has 2 N–H and O–H groups in total. The Morgan fingerprint density at radius 3 is 1.50 bits per heavy atom. The molecule has 0 aliphatic carbocycles. The van der Waals surface area contributed by atoms with E-state index in [1.54, 1.807) is 0 Å². The van der Waals surface area contributed by atoms with Crippen LogP contribution in [-0.4, -0.2) is 30.2 Å². The van der Waals surface area contributed by atoms with Gasteiger partial charge in [0.25, 0.3) is 0 Å². The van der Waals surface area contributed by atoms with Crippen LogP contribution in [-0.2, 0) is 4.79 Å². The quantitative estimate of drug-likeness (QED) is 0.569. The Labute approximate surface area is 156 Å². The molecule has 0 saturated heterocycles. The van der Waals surface area contributed by atoms with Crippen LogP contribution in [0.2, 0.25) is 0 Å². The number of carbonyl (C=O) groups excluding carboxylic acids is 1. The Morgan fingerprint density at radius 2 is 1.18 bits per heavy atom.